The highest BCUT2D eigenvalue weighted by atomic mass is 19.1. The molecule has 1 aromatic rings. The van der Waals surface area contributed by atoms with Crippen molar-refractivity contribution >= 4 is 12.0 Å². The smallest absolute Gasteiger partial charge is 0.246 e. The van der Waals surface area contributed by atoms with E-state index in [1.54, 1.807) is 24.3 Å². The number of nitrogens with zero attached hydrogens (tertiary/aromatic N) is 2. The number of amides is 1. The van der Waals surface area contributed by atoms with Gasteiger partial charge in [-0.1, -0.05) is 39.8 Å². The molecule has 0 saturated heterocycles. The lowest BCUT2D eigenvalue weighted by atomic mass is 10.2. The van der Waals surface area contributed by atoms with Crippen molar-refractivity contribution in [1.29, 1.82) is 0 Å². The molecule has 0 unspecified atom stereocenters. The highest BCUT2D eigenvalue weighted by Crippen LogP contribution is 2.07. The first-order valence-electron chi connectivity index (χ1n) is 8.41. The average molecular weight is 320 g/mol. The molecule has 1 rings (SSSR count). The molecule has 0 aromatic heterocycles. The summed E-state index contributed by atoms with van der Waals surface area (Å²) >= 11 is 0. The highest BCUT2D eigenvalue weighted by Gasteiger charge is 2.13. The molecule has 0 heterocycles. The molecule has 128 valence electrons. The molecule has 0 radical (unpaired) electrons. The summed E-state index contributed by atoms with van der Waals surface area (Å²) in [4.78, 5) is 16.7. The zero-order valence-corrected chi connectivity index (χ0v) is 14.8. The molecule has 3 nitrogen and oxygen atoms in total. The van der Waals surface area contributed by atoms with Crippen molar-refractivity contribution in [3.63, 3.8) is 0 Å². The van der Waals surface area contributed by atoms with E-state index in [1.807, 2.05) is 4.90 Å². The van der Waals surface area contributed by atoms with Crippen LogP contribution in [-0.2, 0) is 4.79 Å². The summed E-state index contributed by atoms with van der Waals surface area (Å²) in [5.41, 5.74) is 0.827. The summed E-state index contributed by atoms with van der Waals surface area (Å²) in [6.07, 6.45) is 3.32. The van der Waals surface area contributed by atoms with E-state index >= 15 is 0 Å². The number of hydrogen-bond acceptors (Lipinski definition) is 2. The molecule has 4 heteroatoms. The number of halogens is 1. The van der Waals surface area contributed by atoms with Crippen LogP contribution in [-0.4, -0.2) is 48.4 Å². The van der Waals surface area contributed by atoms with E-state index in [2.05, 4.69) is 32.6 Å². The summed E-state index contributed by atoms with van der Waals surface area (Å²) in [6.45, 7) is 12.8. The first-order chi connectivity index (χ1) is 11.0. The van der Waals surface area contributed by atoms with Gasteiger partial charge < -0.3 is 9.80 Å². The summed E-state index contributed by atoms with van der Waals surface area (Å²) in [5.74, 6) is 0.166. The summed E-state index contributed by atoms with van der Waals surface area (Å²) in [6, 6.07) is 6.14. The van der Waals surface area contributed by atoms with Crippen molar-refractivity contribution < 1.29 is 9.18 Å². The molecule has 23 heavy (non-hydrogen) atoms. The first kappa shape index (κ1) is 19.4. The second kappa shape index (κ2) is 10.2. The molecule has 1 aromatic carbocycles. The van der Waals surface area contributed by atoms with Crippen LogP contribution in [0.1, 0.15) is 33.3 Å². The van der Waals surface area contributed by atoms with E-state index < -0.39 is 0 Å². The maximum Gasteiger partial charge on any atom is 0.246 e. The topological polar surface area (TPSA) is 23.6 Å². The van der Waals surface area contributed by atoms with Gasteiger partial charge in [0.15, 0.2) is 0 Å². The zero-order valence-electron chi connectivity index (χ0n) is 14.8. The third-order valence-electron chi connectivity index (χ3n) is 3.77. The van der Waals surface area contributed by atoms with Gasteiger partial charge in [-0.2, -0.15) is 0 Å². The van der Waals surface area contributed by atoms with Gasteiger partial charge in [-0.3, -0.25) is 4.79 Å². The minimum Gasteiger partial charge on any atom is -0.338 e. The van der Waals surface area contributed by atoms with Crippen LogP contribution >= 0.6 is 0 Å². The Bertz CT molecular complexity index is 493. The molecule has 0 fully saturated rings. The van der Waals surface area contributed by atoms with Crippen LogP contribution in [0.2, 0.25) is 0 Å². The van der Waals surface area contributed by atoms with Crippen LogP contribution in [0.5, 0.6) is 0 Å². The molecule has 0 N–H and O–H groups in total. The van der Waals surface area contributed by atoms with Crippen molar-refractivity contribution in [2.24, 2.45) is 5.92 Å². The fourth-order valence-corrected chi connectivity index (χ4v) is 2.38. The normalized spacial score (nSPS) is 11.6. The largest absolute Gasteiger partial charge is 0.338 e. The number of likely N-dealkylation sites (N-methyl/N-ethyl adjacent to an activating group) is 1. The number of carbonyl (C=O) groups excluding carboxylic acids is 1. The second-order valence-electron chi connectivity index (χ2n) is 6.09. The maximum absolute atomic E-state index is 12.9. The average Bonchev–Trinajstić information content (AvgIpc) is 2.53. The number of benzene rings is 1. The molecule has 0 saturated carbocycles. The van der Waals surface area contributed by atoms with E-state index in [9.17, 15) is 9.18 Å². The van der Waals surface area contributed by atoms with Crippen molar-refractivity contribution in [2.75, 3.05) is 32.7 Å². The molecule has 0 bridgehead atoms. The minimum absolute atomic E-state index is 0.00943. The van der Waals surface area contributed by atoms with Crippen molar-refractivity contribution in [2.45, 2.75) is 27.7 Å². The van der Waals surface area contributed by atoms with Gasteiger partial charge in [-0.15, -0.1) is 0 Å². The Morgan fingerprint density at radius 3 is 2.26 bits per heavy atom. The molecule has 0 spiro atoms. The lowest BCUT2D eigenvalue weighted by Gasteiger charge is -2.27. The molecular weight excluding hydrogens is 291 g/mol. The van der Waals surface area contributed by atoms with E-state index in [0.29, 0.717) is 5.92 Å². The number of hydrogen-bond donors (Lipinski definition) is 0. The van der Waals surface area contributed by atoms with Crippen LogP contribution < -0.4 is 0 Å². The van der Waals surface area contributed by atoms with Crippen LogP contribution in [0, 0.1) is 11.7 Å². The Balaban J connectivity index is 2.68. The number of carbonyl (C=O) groups is 1. The second-order valence-corrected chi connectivity index (χ2v) is 6.09. The molecule has 1 amide bonds. The molecule has 0 aliphatic carbocycles. The quantitative estimate of drug-likeness (QED) is 0.648. The van der Waals surface area contributed by atoms with Gasteiger partial charge in [0.25, 0.3) is 0 Å². The standard InChI is InChI=1S/C19H29FN2O/c1-5-21(6-2)13-14-22(15-16(3)4)19(23)12-9-17-7-10-18(20)11-8-17/h7-12,16H,5-6,13-15H2,1-4H3. The predicted octanol–water partition coefficient (Wildman–Crippen LogP) is 3.67. The first-order valence-corrected chi connectivity index (χ1v) is 8.41. The van der Waals surface area contributed by atoms with Gasteiger partial charge in [-0.05, 0) is 42.8 Å². The van der Waals surface area contributed by atoms with Gasteiger partial charge in [0, 0.05) is 25.7 Å². The van der Waals surface area contributed by atoms with Crippen LogP contribution in [0.15, 0.2) is 30.3 Å². The van der Waals surface area contributed by atoms with Crippen molar-refractivity contribution in [3.8, 4) is 0 Å². The summed E-state index contributed by atoms with van der Waals surface area (Å²) in [7, 11) is 0. The summed E-state index contributed by atoms with van der Waals surface area (Å²) in [5, 5.41) is 0. The van der Waals surface area contributed by atoms with Crippen molar-refractivity contribution in [1.82, 2.24) is 9.80 Å². The Morgan fingerprint density at radius 2 is 1.74 bits per heavy atom. The lowest BCUT2D eigenvalue weighted by molar-refractivity contribution is -0.126. The Kier molecular flexibility index (Phi) is 8.56. The maximum atomic E-state index is 12.9. The predicted molar refractivity (Wildman–Crippen MR) is 94.6 cm³/mol. The fraction of sp³-hybridized carbons (Fsp3) is 0.526. The molecule has 0 aliphatic rings. The van der Waals surface area contributed by atoms with Crippen molar-refractivity contribution in [3.05, 3.63) is 41.7 Å². The van der Waals surface area contributed by atoms with Gasteiger partial charge in [0.1, 0.15) is 5.82 Å². The van der Waals surface area contributed by atoms with Crippen LogP contribution in [0.4, 0.5) is 4.39 Å². The minimum atomic E-state index is -0.269. The van der Waals surface area contributed by atoms with E-state index in [4.69, 9.17) is 0 Å². The van der Waals surface area contributed by atoms with E-state index in [0.717, 1.165) is 38.3 Å². The van der Waals surface area contributed by atoms with Crippen LogP contribution in [0.3, 0.4) is 0 Å². The molecule has 0 atom stereocenters. The van der Waals surface area contributed by atoms with Gasteiger partial charge in [0.2, 0.25) is 5.91 Å². The molecule has 0 aliphatic heterocycles. The Morgan fingerprint density at radius 1 is 1.13 bits per heavy atom. The third-order valence-corrected chi connectivity index (χ3v) is 3.77. The summed E-state index contributed by atoms with van der Waals surface area (Å²) < 4.78 is 12.9. The highest BCUT2D eigenvalue weighted by molar-refractivity contribution is 5.91. The fourth-order valence-electron chi connectivity index (χ4n) is 2.38. The van der Waals surface area contributed by atoms with Crippen LogP contribution in [0.25, 0.3) is 6.08 Å². The van der Waals surface area contributed by atoms with Gasteiger partial charge in [-0.25, -0.2) is 4.39 Å². The third kappa shape index (κ3) is 7.42. The molecular formula is C19H29FN2O. The van der Waals surface area contributed by atoms with Gasteiger partial charge in [0.05, 0.1) is 0 Å². The van der Waals surface area contributed by atoms with E-state index in [-0.39, 0.29) is 11.7 Å². The van der Waals surface area contributed by atoms with E-state index in [1.165, 1.54) is 12.1 Å². The zero-order chi connectivity index (χ0) is 17.2. The Labute approximate surface area is 139 Å². The van der Waals surface area contributed by atoms with Gasteiger partial charge >= 0.3 is 0 Å². The monoisotopic (exact) mass is 320 g/mol. The lowest BCUT2D eigenvalue weighted by Crippen LogP contribution is -2.39. The number of rotatable bonds is 9. The Hall–Kier alpha value is -1.68. The SMILES string of the molecule is CCN(CC)CCN(CC(C)C)C(=O)C=Cc1ccc(F)cc1.